The average Bonchev–Trinajstić information content (AvgIpc) is 3.36. The van der Waals surface area contributed by atoms with Crippen molar-refractivity contribution in [3.05, 3.63) is 51.8 Å². The molecule has 4 rings (SSSR count). The summed E-state index contributed by atoms with van der Waals surface area (Å²) >= 11 is 1.53. The van der Waals surface area contributed by atoms with Gasteiger partial charge < -0.3 is 10.1 Å². The number of aromatic nitrogens is 1. The van der Waals surface area contributed by atoms with Gasteiger partial charge in [0, 0.05) is 34.5 Å². The van der Waals surface area contributed by atoms with Crippen LogP contribution in [0, 0.1) is 5.92 Å². The van der Waals surface area contributed by atoms with Crippen LogP contribution in [0.1, 0.15) is 45.1 Å². The molecule has 6 heteroatoms. The Morgan fingerprint density at radius 2 is 2.00 bits per heavy atom. The molecule has 1 atom stereocenters. The normalized spacial score (nSPS) is 20.0. The van der Waals surface area contributed by atoms with Gasteiger partial charge in [0.15, 0.2) is 5.78 Å². The van der Waals surface area contributed by atoms with Gasteiger partial charge in [0.25, 0.3) is 0 Å². The van der Waals surface area contributed by atoms with Crippen LogP contribution in [-0.2, 0) is 14.3 Å². The first kappa shape index (κ1) is 17.9. The molecule has 0 aromatic carbocycles. The minimum atomic E-state index is -0.437. The van der Waals surface area contributed by atoms with Gasteiger partial charge in [-0.1, -0.05) is 6.07 Å². The third kappa shape index (κ3) is 3.30. The van der Waals surface area contributed by atoms with Crippen molar-refractivity contribution in [3.8, 4) is 0 Å². The van der Waals surface area contributed by atoms with Crippen LogP contribution >= 0.6 is 11.3 Å². The van der Waals surface area contributed by atoms with Crippen LogP contribution in [0.5, 0.6) is 0 Å². The van der Waals surface area contributed by atoms with Gasteiger partial charge >= 0.3 is 5.97 Å². The summed E-state index contributed by atoms with van der Waals surface area (Å²) in [4.78, 5) is 30.8. The average molecular weight is 382 g/mol. The summed E-state index contributed by atoms with van der Waals surface area (Å²) in [5.41, 5.74) is 3.60. The molecule has 1 N–H and O–H groups in total. The van der Waals surface area contributed by atoms with Gasteiger partial charge in [-0.25, -0.2) is 9.78 Å². The predicted octanol–water partition coefficient (Wildman–Crippen LogP) is 4.07. The van der Waals surface area contributed by atoms with Crippen LogP contribution < -0.4 is 5.32 Å². The predicted molar refractivity (Wildman–Crippen MR) is 105 cm³/mol. The van der Waals surface area contributed by atoms with Gasteiger partial charge in [-0.05, 0) is 56.5 Å². The van der Waals surface area contributed by atoms with Crippen molar-refractivity contribution >= 4 is 33.3 Å². The van der Waals surface area contributed by atoms with E-state index >= 15 is 0 Å². The quantitative estimate of drug-likeness (QED) is 0.790. The van der Waals surface area contributed by atoms with Crippen molar-refractivity contribution in [2.24, 2.45) is 5.92 Å². The van der Waals surface area contributed by atoms with Crippen LogP contribution in [0.25, 0.3) is 10.2 Å². The minimum Gasteiger partial charge on any atom is -0.462 e. The third-order valence-electron chi connectivity index (χ3n) is 5.20. The number of carbonyl (C=O) groups is 2. The van der Waals surface area contributed by atoms with Crippen molar-refractivity contribution in [2.75, 3.05) is 6.61 Å². The number of ketones is 1. The number of dihydropyridines is 1. The number of hydrogen-bond donors (Lipinski definition) is 1. The molecule has 3 heterocycles. The topological polar surface area (TPSA) is 68.3 Å². The molecule has 0 bridgehead atoms. The number of allylic oxidation sites excluding steroid dienone is 3. The molecule has 1 saturated carbocycles. The number of hydrogen-bond acceptors (Lipinski definition) is 6. The van der Waals surface area contributed by atoms with Crippen molar-refractivity contribution < 1.29 is 14.3 Å². The highest BCUT2D eigenvalue weighted by Crippen LogP contribution is 2.43. The number of nitrogens with zero attached hydrogens (tertiary/aromatic N) is 1. The van der Waals surface area contributed by atoms with E-state index < -0.39 is 5.92 Å². The van der Waals surface area contributed by atoms with Crippen LogP contribution in [0.4, 0.5) is 0 Å². The van der Waals surface area contributed by atoms with Crippen molar-refractivity contribution in [2.45, 2.75) is 39.5 Å². The SMILES string of the molecule is CC(=O)C1=C(C)NC(C)=C(C(=O)OCC2CC2)C1c1csc2ncccc12. The first-order valence-electron chi connectivity index (χ1n) is 9.16. The fourth-order valence-electron chi connectivity index (χ4n) is 3.71. The van der Waals surface area contributed by atoms with Gasteiger partial charge in [-0.3, -0.25) is 4.79 Å². The molecule has 1 fully saturated rings. The molecule has 0 saturated heterocycles. The molecule has 2 aromatic heterocycles. The van der Waals surface area contributed by atoms with Crippen molar-refractivity contribution in [1.82, 2.24) is 10.3 Å². The van der Waals surface area contributed by atoms with Gasteiger partial charge in [-0.15, -0.1) is 11.3 Å². The molecule has 5 nitrogen and oxygen atoms in total. The summed E-state index contributed by atoms with van der Waals surface area (Å²) in [5.74, 6) is -0.339. The third-order valence-corrected chi connectivity index (χ3v) is 6.12. The highest BCUT2D eigenvalue weighted by molar-refractivity contribution is 7.16. The molecule has 0 spiro atoms. The molecule has 1 aliphatic heterocycles. The van der Waals surface area contributed by atoms with E-state index in [-0.39, 0.29) is 11.8 Å². The Morgan fingerprint density at radius 1 is 1.26 bits per heavy atom. The maximum absolute atomic E-state index is 13.0. The highest BCUT2D eigenvalue weighted by Gasteiger charge is 2.37. The van der Waals surface area contributed by atoms with E-state index in [0.717, 1.165) is 40.0 Å². The maximum atomic E-state index is 13.0. The molecular formula is C21H22N2O3S. The highest BCUT2D eigenvalue weighted by atomic mass is 32.1. The summed E-state index contributed by atoms with van der Waals surface area (Å²) in [7, 11) is 0. The lowest BCUT2D eigenvalue weighted by molar-refractivity contribution is -0.139. The molecule has 0 radical (unpaired) electrons. The van der Waals surface area contributed by atoms with Gasteiger partial charge in [-0.2, -0.15) is 0 Å². The molecule has 140 valence electrons. The van der Waals surface area contributed by atoms with E-state index in [0.29, 0.717) is 23.7 Å². The minimum absolute atomic E-state index is 0.0479. The molecule has 27 heavy (non-hydrogen) atoms. The Bertz CT molecular complexity index is 998. The molecule has 1 unspecified atom stereocenters. The van der Waals surface area contributed by atoms with E-state index in [9.17, 15) is 9.59 Å². The second kappa shape index (κ2) is 6.93. The van der Waals surface area contributed by atoms with Gasteiger partial charge in [0.2, 0.25) is 0 Å². The zero-order chi connectivity index (χ0) is 19.1. The second-order valence-corrected chi connectivity index (χ2v) is 8.14. The first-order valence-corrected chi connectivity index (χ1v) is 10.0. The van der Waals surface area contributed by atoms with E-state index in [4.69, 9.17) is 4.74 Å². The second-order valence-electron chi connectivity index (χ2n) is 7.28. The molecule has 0 amide bonds. The summed E-state index contributed by atoms with van der Waals surface area (Å²) in [6.07, 6.45) is 3.99. The van der Waals surface area contributed by atoms with E-state index in [1.165, 1.54) is 11.3 Å². The fourth-order valence-corrected chi connectivity index (χ4v) is 4.65. The van der Waals surface area contributed by atoms with Crippen LogP contribution in [0.2, 0.25) is 0 Å². The Morgan fingerprint density at radius 3 is 2.70 bits per heavy atom. The van der Waals surface area contributed by atoms with Crippen LogP contribution in [0.3, 0.4) is 0 Å². The lowest BCUT2D eigenvalue weighted by Crippen LogP contribution is -2.31. The van der Waals surface area contributed by atoms with E-state index in [1.807, 2.05) is 31.4 Å². The lowest BCUT2D eigenvalue weighted by atomic mass is 9.79. The summed E-state index contributed by atoms with van der Waals surface area (Å²) in [6.45, 7) is 5.75. The monoisotopic (exact) mass is 382 g/mol. The van der Waals surface area contributed by atoms with E-state index in [2.05, 4.69) is 10.3 Å². The molecular weight excluding hydrogens is 360 g/mol. The zero-order valence-corrected chi connectivity index (χ0v) is 16.5. The fraction of sp³-hybridized carbons (Fsp3) is 0.381. The van der Waals surface area contributed by atoms with Crippen LogP contribution in [0.15, 0.2) is 46.2 Å². The number of Topliss-reactive ketones (excluding diaryl/α,β-unsaturated/α-hetero) is 1. The number of fused-ring (bicyclic) bond motifs is 1. The Kier molecular flexibility index (Phi) is 4.60. The number of nitrogens with one attached hydrogen (secondary N) is 1. The zero-order valence-electron chi connectivity index (χ0n) is 15.7. The van der Waals surface area contributed by atoms with Crippen molar-refractivity contribution in [3.63, 3.8) is 0 Å². The van der Waals surface area contributed by atoms with E-state index in [1.54, 1.807) is 13.1 Å². The Hall–Kier alpha value is -2.47. The number of thiophene rings is 1. The Labute approximate surface area is 162 Å². The number of ether oxygens (including phenoxy) is 1. The first-order chi connectivity index (χ1) is 13.0. The molecule has 2 aromatic rings. The standard InChI is InChI=1S/C21H22N2O3S/c1-11-17(13(3)24)19(16-10-27-20-15(16)5-4-8-22-20)18(12(2)23-11)21(25)26-9-14-6-7-14/h4-5,8,10,14,19,23H,6-7,9H2,1-3H3. The lowest BCUT2D eigenvalue weighted by Gasteiger charge is -2.30. The number of esters is 1. The molecule has 1 aliphatic carbocycles. The van der Waals surface area contributed by atoms with Gasteiger partial charge in [0.1, 0.15) is 4.83 Å². The summed E-state index contributed by atoms with van der Waals surface area (Å²) in [6, 6.07) is 3.87. The van der Waals surface area contributed by atoms with Crippen molar-refractivity contribution in [1.29, 1.82) is 0 Å². The van der Waals surface area contributed by atoms with Gasteiger partial charge in [0.05, 0.1) is 12.2 Å². The smallest absolute Gasteiger partial charge is 0.336 e. The Balaban J connectivity index is 1.83. The summed E-state index contributed by atoms with van der Waals surface area (Å²) < 4.78 is 5.60. The number of carbonyl (C=O) groups excluding carboxylic acids is 2. The largest absolute Gasteiger partial charge is 0.462 e. The number of pyridine rings is 1. The van der Waals surface area contributed by atoms with Crippen LogP contribution in [-0.4, -0.2) is 23.3 Å². The summed E-state index contributed by atoms with van der Waals surface area (Å²) in [5, 5.41) is 6.19. The maximum Gasteiger partial charge on any atom is 0.336 e. The number of rotatable bonds is 5. The molecule has 2 aliphatic rings.